The number of nitrogens with zero attached hydrogens (tertiary/aromatic N) is 2. The van der Waals surface area contributed by atoms with Crippen molar-refractivity contribution in [2.24, 2.45) is 0 Å². The van der Waals surface area contributed by atoms with Crippen molar-refractivity contribution in [1.29, 1.82) is 0 Å². The molecule has 98 valence electrons. The van der Waals surface area contributed by atoms with Gasteiger partial charge in [-0.2, -0.15) is 0 Å². The van der Waals surface area contributed by atoms with E-state index in [1.165, 1.54) is 31.4 Å². The number of pyridine rings is 1. The molecule has 2 atom stereocenters. The van der Waals surface area contributed by atoms with Gasteiger partial charge in [0.25, 0.3) is 0 Å². The van der Waals surface area contributed by atoms with Crippen molar-refractivity contribution in [1.82, 2.24) is 15.2 Å². The fraction of sp³-hybridized carbons (Fsp3) is 0.667. The van der Waals surface area contributed by atoms with E-state index < -0.39 is 0 Å². The molecule has 0 bridgehead atoms. The van der Waals surface area contributed by atoms with Crippen molar-refractivity contribution in [3.8, 4) is 0 Å². The van der Waals surface area contributed by atoms with Crippen molar-refractivity contribution in [2.75, 3.05) is 13.1 Å². The van der Waals surface area contributed by atoms with E-state index in [1.807, 2.05) is 12.4 Å². The number of rotatable bonds is 5. The molecule has 1 aliphatic carbocycles. The largest absolute Gasteiger partial charge is 0.312 e. The van der Waals surface area contributed by atoms with Crippen LogP contribution in [0.15, 0.2) is 24.5 Å². The lowest BCUT2D eigenvalue weighted by Gasteiger charge is -2.19. The first kappa shape index (κ1) is 12.1. The molecule has 1 N–H and O–H groups in total. The predicted molar refractivity (Wildman–Crippen MR) is 73.5 cm³/mol. The van der Waals surface area contributed by atoms with Crippen LogP contribution in [0.25, 0.3) is 0 Å². The molecule has 1 saturated heterocycles. The molecule has 1 saturated carbocycles. The molecule has 3 rings (SSSR count). The average molecular weight is 245 g/mol. The van der Waals surface area contributed by atoms with Crippen molar-refractivity contribution < 1.29 is 0 Å². The molecule has 3 nitrogen and oxygen atoms in total. The molecule has 0 amide bonds. The van der Waals surface area contributed by atoms with E-state index in [9.17, 15) is 0 Å². The van der Waals surface area contributed by atoms with Crippen LogP contribution in [0.2, 0.25) is 0 Å². The third kappa shape index (κ3) is 2.90. The van der Waals surface area contributed by atoms with Crippen LogP contribution < -0.4 is 5.32 Å². The van der Waals surface area contributed by atoms with Crippen LogP contribution in [0.1, 0.15) is 31.7 Å². The number of aromatic nitrogens is 1. The molecule has 1 aromatic heterocycles. The first-order chi connectivity index (χ1) is 8.83. The van der Waals surface area contributed by atoms with Crippen LogP contribution >= 0.6 is 0 Å². The highest BCUT2D eigenvalue weighted by molar-refractivity contribution is 5.10. The van der Waals surface area contributed by atoms with Gasteiger partial charge in [0, 0.05) is 37.1 Å². The van der Waals surface area contributed by atoms with Crippen LogP contribution in [0, 0.1) is 0 Å². The van der Waals surface area contributed by atoms with Gasteiger partial charge in [0.15, 0.2) is 0 Å². The van der Waals surface area contributed by atoms with Crippen LogP contribution in [0.5, 0.6) is 0 Å². The summed E-state index contributed by atoms with van der Waals surface area (Å²) in [7, 11) is 0. The van der Waals surface area contributed by atoms with Gasteiger partial charge in [-0.05, 0) is 56.8 Å². The molecule has 2 unspecified atom stereocenters. The fourth-order valence-electron chi connectivity index (χ4n) is 3.09. The highest BCUT2D eigenvalue weighted by Crippen LogP contribution is 2.33. The number of nitrogens with one attached hydrogen (secondary N) is 1. The number of hydrogen-bond acceptors (Lipinski definition) is 3. The zero-order valence-electron chi connectivity index (χ0n) is 11.2. The van der Waals surface area contributed by atoms with Crippen molar-refractivity contribution in [3.05, 3.63) is 30.1 Å². The summed E-state index contributed by atoms with van der Waals surface area (Å²) in [6.07, 6.45) is 9.02. The summed E-state index contributed by atoms with van der Waals surface area (Å²) < 4.78 is 0. The number of likely N-dealkylation sites (tertiary alicyclic amines) is 1. The molecule has 1 aliphatic heterocycles. The van der Waals surface area contributed by atoms with Crippen LogP contribution in [0.3, 0.4) is 0 Å². The minimum Gasteiger partial charge on any atom is -0.312 e. The van der Waals surface area contributed by atoms with E-state index in [2.05, 4.69) is 34.3 Å². The van der Waals surface area contributed by atoms with E-state index in [-0.39, 0.29) is 0 Å². The smallest absolute Gasteiger partial charge is 0.0270 e. The zero-order valence-corrected chi connectivity index (χ0v) is 11.2. The maximum Gasteiger partial charge on any atom is 0.0270 e. The molecule has 3 heteroatoms. The predicted octanol–water partition coefficient (Wildman–Crippen LogP) is 1.84. The minimum atomic E-state index is 0.697. The summed E-state index contributed by atoms with van der Waals surface area (Å²) in [4.78, 5) is 6.75. The van der Waals surface area contributed by atoms with Gasteiger partial charge in [-0.1, -0.05) is 0 Å². The molecular weight excluding hydrogens is 222 g/mol. The first-order valence-corrected chi connectivity index (χ1v) is 7.21. The fourth-order valence-corrected chi connectivity index (χ4v) is 3.09. The lowest BCUT2D eigenvalue weighted by Crippen LogP contribution is -2.35. The Labute approximate surface area is 110 Å². The summed E-state index contributed by atoms with van der Waals surface area (Å²) in [6.45, 7) is 4.71. The van der Waals surface area contributed by atoms with Gasteiger partial charge in [0.2, 0.25) is 0 Å². The molecule has 0 spiro atoms. The van der Waals surface area contributed by atoms with Gasteiger partial charge in [-0.25, -0.2) is 0 Å². The second-order valence-electron chi connectivity index (χ2n) is 5.77. The summed E-state index contributed by atoms with van der Waals surface area (Å²) in [5, 5.41) is 3.71. The molecule has 0 radical (unpaired) electrons. The summed E-state index contributed by atoms with van der Waals surface area (Å²) in [5.41, 5.74) is 1.38. The summed E-state index contributed by atoms with van der Waals surface area (Å²) >= 11 is 0. The molecular formula is C15H23N3. The Morgan fingerprint density at radius 2 is 2.11 bits per heavy atom. The molecule has 2 aliphatic rings. The zero-order chi connectivity index (χ0) is 12.4. The Bertz CT molecular complexity index is 375. The lowest BCUT2D eigenvalue weighted by molar-refractivity contribution is 0.255. The summed E-state index contributed by atoms with van der Waals surface area (Å²) in [5.74, 6) is 0. The number of hydrogen-bond donors (Lipinski definition) is 1. The highest BCUT2D eigenvalue weighted by Gasteiger charge is 2.38. The highest BCUT2D eigenvalue weighted by atomic mass is 15.3. The van der Waals surface area contributed by atoms with Crippen molar-refractivity contribution in [2.45, 2.75) is 50.7 Å². The van der Waals surface area contributed by atoms with Gasteiger partial charge in [-0.15, -0.1) is 0 Å². The quantitative estimate of drug-likeness (QED) is 0.858. The second kappa shape index (κ2) is 5.37. The topological polar surface area (TPSA) is 28.2 Å². The Kier molecular flexibility index (Phi) is 3.62. The maximum atomic E-state index is 4.05. The van der Waals surface area contributed by atoms with E-state index in [1.54, 1.807) is 0 Å². The maximum absolute atomic E-state index is 4.05. The lowest BCUT2D eigenvalue weighted by atomic mass is 10.1. The molecule has 18 heavy (non-hydrogen) atoms. The molecule has 2 heterocycles. The Hall–Kier alpha value is -0.930. The van der Waals surface area contributed by atoms with Crippen molar-refractivity contribution in [3.63, 3.8) is 0 Å². The van der Waals surface area contributed by atoms with E-state index >= 15 is 0 Å². The van der Waals surface area contributed by atoms with Gasteiger partial charge < -0.3 is 5.32 Å². The van der Waals surface area contributed by atoms with Crippen LogP contribution in [-0.4, -0.2) is 41.1 Å². The third-order valence-electron chi connectivity index (χ3n) is 4.23. The Morgan fingerprint density at radius 3 is 2.83 bits per heavy atom. The average Bonchev–Trinajstić information content (AvgIpc) is 3.15. The van der Waals surface area contributed by atoms with Gasteiger partial charge >= 0.3 is 0 Å². The second-order valence-corrected chi connectivity index (χ2v) is 5.77. The van der Waals surface area contributed by atoms with E-state index in [0.29, 0.717) is 6.04 Å². The third-order valence-corrected chi connectivity index (χ3v) is 4.23. The summed E-state index contributed by atoms with van der Waals surface area (Å²) in [6, 6.07) is 6.59. The van der Waals surface area contributed by atoms with E-state index in [0.717, 1.165) is 25.0 Å². The van der Waals surface area contributed by atoms with Crippen LogP contribution in [-0.2, 0) is 6.42 Å². The van der Waals surface area contributed by atoms with E-state index in [4.69, 9.17) is 0 Å². The Morgan fingerprint density at radius 1 is 1.33 bits per heavy atom. The normalized spacial score (nSPS) is 28.7. The monoisotopic (exact) mass is 245 g/mol. The molecule has 2 fully saturated rings. The first-order valence-electron chi connectivity index (χ1n) is 7.21. The van der Waals surface area contributed by atoms with Crippen LogP contribution in [0.4, 0.5) is 0 Å². The SMILES string of the molecule is CC1CC(NCCc2ccncc2)CN1C1CC1. The van der Waals surface area contributed by atoms with Gasteiger partial charge in [0.1, 0.15) is 0 Å². The van der Waals surface area contributed by atoms with Gasteiger partial charge in [-0.3, -0.25) is 9.88 Å². The standard InChI is InChI=1S/C15H23N3/c1-12-10-14(11-18(12)15-2-3-15)17-9-6-13-4-7-16-8-5-13/h4-5,7-8,12,14-15,17H,2-3,6,9-11H2,1H3. The molecule has 0 aromatic carbocycles. The Balaban J connectivity index is 1.41. The minimum absolute atomic E-state index is 0.697. The van der Waals surface area contributed by atoms with Gasteiger partial charge in [0.05, 0.1) is 0 Å². The van der Waals surface area contributed by atoms with Crippen molar-refractivity contribution >= 4 is 0 Å². The molecule has 1 aromatic rings.